The Morgan fingerprint density at radius 3 is 2.37 bits per heavy atom. The summed E-state index contributed by atoms with van der Waals surface area (Å²) < 4.78 is 6.33. The molecule has 4 aromatic carbocycles. The van der Waals surface area contributed by atoms with Crippen LogP contribution in [0.4, 0.5) is 11.4 Å². The third-order valence-electron chi connectivity index (χ3n) is 7.68. The molecule has 3 nitrogen and oxygen atoms in total. The summed E-state index contributed by atoms with van der Waals surface area (Å²) in [6.45, 7) is 3.58. The Hall–Kier alpha value is -5.28. The Morgan fingerprint density at radius 2 is 1.60 bits per heavy atom. The lowest BCUT2D eigenvalue weighted by molar-refractivity contribution is 0.669. The van der Waals surface area contributed by atoms with Gasteiger partial charge in [0, 0.05) is 39.3 Å². The summed E-state index contributed by atoms with van der Waals surface area (Å²) in [4.78, 5) is 2.42. The minimum atomic E-state index is 0.752. The van der Waals surface area contributed by atoms with E-state index in [0.29, 0.717) is 0 Å². The Bertz CT molecular complexity index is 1950. The average molecular weight is 561 g/mol. The van der Waals surface area contributed by atoms with Gasteiger partial charge in [-0.25, -0.2) is 0 Å². The Balaban J connectivity index is 0.000000232. The van der Waals surface area contributed by atoms with E-state index in [2.05, 4.69) is 96.5 Å². The number of allylic oxidation sites excluding steroid dienone is 11. The quantitative estimate of drug-likeness (QED) is 0.166. The first kappa shape index (κ1) is 27.9. The molecule has 5 aromatic rings. The molecule has 2 aliphatic carbocycles. The molecule has 7 rings (SSSR count). The van der Waals surface area contributed by atoms with E-state index >= 15 is 0 Å². The van der Waals surface area contributed by atoms with E-state index < -0.39 is 0 Å². The van der Waals surface area contributed by atoms with Crippen molar-refractivity contribution in [1.29, 1.82) is 0 Å². The molecule has 0 saturated carbocycles. The standard InChI is InChI=1S/C28H24N2O.C12H12/c29-19-15-16-26-24(17-19)28-23-14-8-7-13-22(23)25(18-27(28)31-26)30(20-9-3-1-4-10-20)21-11-5-2-6-12-21;1-2-3-4-6-9-12-10-7-5-8-11-12/h1,3,5,7-9,11-18H,2,4,6,10,29H2;2-11H,1H2/b;4-3-,9-6-. The number of benzene rings is 4. The van der Waals surface area contributed by atoms with Gasteiger partial charge in [0.05, 0.1) is 5.69 Å². The first-order chi connectivity index (χ1) is 21.2. The van der Waals surface area contributed by atoms with Gasteiger partial charge >= 0.3 is 0 Å². The predicted molar refractivity (Wildman–Crippen MR) is 186 cm³/mol. The average Bonchev–Trinajstić information content (AvgIpc) is 3.43. The maximum absolute atomic E-state index is 6.33. The van der Waals surface area contributed by atoms with Crippen LogP contribution in [0.2, 0.25) is 0 Å². The van der Waals surface area contributed by atoms with E-state index in [0.717, 1.165) is 59.0 Å². The molecular weight excluding hydrogens is 524 g/mol. The predicted octanol–water partition coefficient (Wildman–Crippen LogP) is 11.0. The highest BCUT2D eigenvalue weighted by Crippen LogP contribution is 2.43. The summed E-state index contributed by atoms with van der Waals surface area (Å²) in [5.74, 6) is 0. The number of nitrogens with two attached hydrogens (primary N) is 1. The van der Waals surface area contributed by atoms with Crippen LogP contribution < -0.4 is 10.6 Å². The van der Waals surface area contributed by atoms with Crippen molar-refractivity contribution in [1.82, 2.24) is 0 Å². The Morgan fingerprint density at radius 1 is 0.767 bits per heavy atom. The Kier molecular flexibility index (Phi) is 8.51. The van der Waals surface area contributed by atoms with E-state index in [-0.39, 0.29) is 0 Å². The van der Waals surface area contributed by atoms with Crippen LogP contribution in [-0.4, -0.2) is 0 Å². The zero-order valence-corrected chi connectivity index (χ0v) is 24.3. The van der Waals surface area contributed by atoms with Crippen molar-refractivity contribution in [3.05, 3.63) is 163 Å². The minimum Gasteiger partial charge on any atom is -0.456 e. The zero-order chi connectivity index (χ0) is 29.4. The van der Waals surface area contributed by atoms with Gasteiger partial charge in [-0.2, -0.15) is 0 Å². The number of fused-ring (bicyclic) bond motifs is 5. The monoisotopic (exact) mass is 560 g/mol. The topological polar surface area (TPSA) is 42.4 Å². The summed E-state index contributed by atoms with van der Waals surface area (Å²) in [5.41, 5.74) is 13.5. The molecule has 0 amide bonds. The van der Waals surface area contributed by atoms with Gasteiger partial charge in [0.15, 0.2) is 0 Å². The summed E-state index contributed by atoms with van der Waals surface area (Å²) in [5, 5.41) is 4.61. The Labute approximate surface area is 253 Å². The summed E-state index contributed by atoms with van der Waals surface area (Å²) in [7, 11) is 0. The number of nitrogens with zero attached hydrogens (tertiary/aromatic N) is 1. The van der Waals surface area contributed by atoms with Crippen molar-refractivity contribution < 1.29 is 4.42 Å². The van der Waals surface area contributed by atoms with Gasteiger partial charge in [-0.1, -0.05) is 116 Å². The maximum Gasteiger partial charge on any atom is 0.138 e. The highest BCUT2D eigenvalue weighted by atomic mass is 16.3. The van der Waals surface area contributed by atoms with Crippen LogP contribution in [0, 0.1) is 0 Å². The first-order valence-electron chi connectivity index (χ1n) is 14.9. The highest BCUT2D eigenvalue weighted by Gasteiger charge is 2.22. The lowest BCUT2D eigenvalue weighted by atomic mass is 9.99. The normalized spacial score (nSPS) is 14.7. The minimum absolute atomic E-state index is 0.752. The van der Waals surface area contributed by atoms with Crippen LogP contribution in [0.1, 0.15) is 31.2 Å². The molecule has 0 spiro atoms. The molecular formula is C40H36N2O. The van der Waals surface area contributed by atoms with Crippen LogP contribution >= 0.6 is 0 Å². The number of anilines is 2. The molecule has 2 aliphatic rings. The second-order valence-electron chi connectivity index (χ2n) is 10.6. The van der Waals surface area contributed by atoms with Gasteiger partial charge in [0.1, 0.15) is 11.2 Å². The number of hydrogen-bond donors (Lipinski definition) is 1. The van der Waals surface area contributed by atoms with Crippen LogP contribution in [0.25, 0.3) is 38.8 Å². The van der Waals surface area contributed by atoms with Crippen molar-refractivity contribution >= 4 is 50.2 Å². The first-order valence-corrected chi connectivity index (χ1v) is 14.9. The third-order valence-corrected chi connectivity index (χ3v) is 7.68. The van der Waals surface area contributed by atoms with Crippen molar-refractivity contribution in [2.24, 2.45) is 0 Å². The molecule has 0 saturated heterocycles. The molecule has 0 radical (unpaired) electrons. The van der Waals surface area contributed by atoms with E-state index in [1.165, 1.54) is 27.7 Å². The maximum atomic E-state index is 6.33. The molecule has 1 heterocycles. The van der Waals surface area contributed by atoms with Crippen LogP contribution in [0.15, 0.2) is 162 Å². The molecule has 1 aromatic heterocycles. The highest BCUT2D eigenvalue weighted by molar-refractivity contribution is 6.22. The van der Waals surface area contributed by atoms with Crippen LogP contribution in [-0.2, 0) is 0 Å². The van der Waals surface area contributed by atoms with Crippen molar-refractivity contribution in [3.63, 3.8) is 0 Å². The van der Waals surface area contributed by atoms with Crippen LogP contribution in [0.3, 0.4) is 0 Å². The van der Waals surface area contributed by atoms with E-state index in [1.807, 2.05) is 54.6 Å². The smallest absolute Gasteiger partial charge is 0.138 e. The summed E-state index contributed by atoms with van der Waals surface area (Å²) in [6.07, 6.45) is 27.4. The molecule has 2 N–H and O–H groups in total. The van der Waals surface area contributed by atoms with Gasteiger partial charge in [0.25, 0.3) is 0 Å². The van der Waals surface area contributed by atoms with Gasteiger partial charge in [0.2, 0.25) is 0 Å². The van der Waals surface area contributed by atoms with Gasteiger partial charge < -0.3 is 15.1 Å². The van der Waals surface area contributed by atoms with Crippen molar-refractivity contribution in [2.75, 3.05) is 10.6 Å². The summed E-state index contributed by atoms with van der Waals surface area (Å²) in [6, 6.07) is 26.9. The molecule has 0 unspecified atom stereocenters. The van der Waals surface area contributed by atoms with Gasteiger partial charge in [-0.3, -0.25) is 0 Å². The van der Waals surface area contributed by atoms with Crippen molar-refractivity contribution in [3.8, 4) is 0 Å². The molecule has 43 heavy (non-hydrogen) atoms. The second kappa shape index (κ2) is 13.1. The lowest BCUT2D eigenvalue weighted by Gasteiger charge is -2.31. The van der Waals surface area contributed by atoms with Gasteiger partial charge in [-0.15, -0.1) is 0 Å². The summed E-state index contributed by atoms with van der Waals surface area (Å²) >= 11 is 0. The van der Waals surface area contributed by atoms with E-state index in [4.69, 9.17) is 10.2 Å². The lowest BCUT2D eigenvalue weighted by Crippen LogP contribution is -2.22. The van der Waals surface area contributed by atoms with Gasteiger partial charge in [-0.05, 0) is 67.0 Å². The zero-order valence-electron chi connectivity index (χ0n) is 24.3. The van der Waals surface area contributed by atoms with Crippen molar-refractivity contribution in [2.45, 2.75) is 25.7 Å². The molecule has 212 valence electrons. The number of rotatable bonds is 6. The third kappa shape index (κ3) is 6.17. The largest absolute Gasteiger partial charge is 0.456 e. The fourth-order valence-corrected chi connectivity index (χ4v) is 5.70. The number of hydrogen-bond acceptors (Lipinski definition) is 3. The van der Waals surface area contributed by atoms with E-state index in [9.17, 15) is 0 Å². The molecule has 3 heteroatoms. The second-order valence-corrected chi connectivity index (χ2v) is 10.6. The SMILES string of the molecule is C=C/C=C\C=C/c1ccccc1.Nc1ccc2oc3cc(N(C4=CCCC=C4)C4=CC=CCC4)c4ccccc4c3c2c1. The number of furan rings is 1. The molecule has 0 aliphatic heterocycles. The molecule has 0 bridgehead atoms. The fraction of sp³-hybridized carbons (Fsp3) is 0.100. The van der Waals surface area contributed by atoms with E-state index in [1.54, 1.807) is 6.08 Å². The molecule has 0 atom stereocenters. The molecule has 0 fully saturated rings. The van der Waals surface area contributed by atoms with Crippen LogP contribution in [0.5, 0.6) is 0 Å². The fourth-order valence-electron chi connectivity index (χ4n) is 5.70. The number of nitrogen functional groups attached to an aromatic ring is 1.